The summed E-state index contributed by atoms with van der Waals surface area (Å²) in [6.45, 7) is 1.86. The zero-order chi connectivity index (χ0) is 14.8. The van der Waals surface area contributed by atoms with Crippen LogP contribution in [-0.2, 0) is 0 Å². The van der Waals surface area contributed by atoms with Crippen molar-refractivity contribution in [2.75, 3.05) is 7.05 Å². The molecule has 0 spiro atoms. The molecule has 1 aliphatic carbocycles. The first-order chi connectivity index (χ1) is 9.49. The van der Waals surface area contributed by atoms with E-state index in [0.717, 1.165) is 5.56 Å². The van der Waals surface area contributed by atoms with Gasteiger partial charge in [0, 0.05) is 12.5 Å². The predicted octanol–water partition coefficient (Wildman–Crippen LogP) is 2.32. The summed E-state index contributed by atoms with van der Waals surface area (Å²) in [7, 11) is 1.75. The molecule has 2 unspecified atom stereocenters. The summed E-state index contributed by atoms with van der Waals surface area (Å²) in [5, 5.41) is 23.2. The van der Waals surface area contributed by atoms with Crippen molar-refractivity contribution in [1.82, 2.24) is 5.32 Å². The summed E-state index contributed by atoms with van der Waals surface area (Å²) in [5.74, 6) is 0.282. The summed E-state index contributed by atoms with van der Waals surface area (Å²) in [6.07, 6.45) is 1.75. The average Bonchev–Trinajstić information content (AvgIpc) is 2.82. The minimum atomic E-state index is -0.580. The molecule has 20 heavy (non-hydrogen) atoms. The molecule has 1 fully saturated rings. The maximum Gasteiger partial charge on any atom is 0.310 e. The molecule has 6 nitrogen and oxygen atoms in total. The lowest BCUT2D eigenvalue weighted by molar-refractivity contribution is -0.386. The van der Waals surface area contributed by atoms with Gasteiger partial charge in [-0.1, -0.05) is 6.07 Å². The van der Waals surface area contributed by atoms with Crippen molar-refractivity contribution < 1.29 is 9.66 Å². The van der Waals surface area contributed by atoms with Gasteiger partial charge >= 0.3 is 5.69 Å². The fourth-order valence-electron chi connectivity index (χ4n) is 2.53. The first kappa shape index (κ1) is 14.3. The molecule has 106 valence electrons. The highest BCUT2D eigenvalue weighted by molar-refractivity contribution is 5.48. The van der Waals surface area contributed by atoms with Crippen LogP contribution in [0.25, 0.3) is 0 Å². The third kappa shape index (κ3) is 2.73. The van der Waals surface area contributed by atoms with E-state index in [9.17, 15) is 15.4 Å². The monoisotopic (exact) mass is 275 g/mol. The number of hydrogen-bond donors (Lipinski definition) is 1. The van der Waals surface area contributed by atoms with Crippen LogP contribution in [-0.4, -0.2) is 23.6 Å². The van der Waals surface area contributed by atoms with E-state index in [0.29, 0.717) is 19.3 Å². The molecular formula is C14H17N3O3. The molecule has 0 heterocycles. The standard InChI is InChI=1S/C14H17N3O3/c1-10-3-4-12(17(18)19)13(7-10)20-11-5-6-14(8-11,9-15)16-2/h3-4,7,11,16H,5-6,8H2,1-2H3. The van der Waals surface area contributed by atoms with Crippen LogP contribution in [0.2, 0.25) is 0 Å². The molecule has 0 saturated heterocycles. The SMILES string of the molecule is CNC1(C#N)CCC(Oc2cc(C)ccc2[N+](=O)[O-])C1. The van der Waals surface area contributed by atoms with Crippen molar-refractivity contribution in [3.05, 3.63) is 33.9 Å². The van der Waals surface area contributed by atoms with Gasteiger partial charge in [0.25, 0.3) is 0 Å². The first-order valence-corrected chi connectivity index (χ1v) is 6.51. The van der Waals surface area contributed by atoms with Crippen LogP contribution in [0.4, 0.5) is 5.69 Å². The van der Waals surface area contributed by atoms with E-state index in [1.165, 1.54) is 6.07 Å². The minimum absolute atomic E-state index is 0.0329. The van der Waals surface area contributed by atoms with Gasteiger partial charge in [0.05, 0.1) is 11.0 Å². The molecular weight excluding hydrogens is 258 g/mol. The van der Waals surface area contributed by atoms with E-state index in [2.05, 4.69) is 11.4 Å². The lowest BCUT2D eigenvalue weighted by Crippen LogP contribution is -2.39. The number of nitrogens with zero attached hydrogens (tertiary/aromatic N) is 2. The van der Waals surface area contributed by atoms with Crippen LogP contribution in [0.15, 0.2) is 18.2 Å². The Labute approximate surface area is 117 Å². The Bertz CT molecular complexity index is 567. The lowest BCUT2D eigenvalue weighted by Gasteiger charge is -2.20. The first-order valence-electron chi connectivity index (χ1n) is 6.51. The van der Waals surface area contributed by atoms with E-state index in [1.807, 2.05) is 6.92 Å². The molecule has 2 atom stereocenters. The van der Waals surface area contributed by atoms with Crippen LogP contribution in [0.3, 0.4) is 0 Å². The van der Waals surface area contributed by atoms with Crippen molar-refractivity contribution in [1.29, 1.82) is 5.26 Å². The summed E-state index contributed by atoms with van der Waals surface area (Å²) < 4.78 is 5.77. The van der Waals surface area contributed by atoms with Gasteiger partial charge in [-0.3, -0.25) is 10.1 Å². The Kier molecular flexibility index (Phi) is 3.91. The average molecular weight is 275 g/mol. The maximum atomic E-state index is 11.0. The Morgan fingerprint density at radius 3 is 2.90 bits per heavy atom. The van der Waals surface area contributed by atoms with Crippen molar-refractivity contribution >= 4 is 5.69 Å². The normalized spacial score (nSPS) is 25.1. The molecule has 1 N–H and O–H groups in total. The third-order valence-electron chi connectivity index (χ3n) is 3.77. The van der Waals surface area contributed by atoms with E-state index in [-0.39, 0.29) is 17.5 Å². The predicted molar refractivity (Wildman–Crippen MR) is 73.5 cm³/mol. The van der Waals surface area contributed by atoms with Gasteiger partial charge < -0.3 is 10.1 Å². The number of ether oxygens (including phenoxy) is 1. The van der Waals surface area contributed by atoms with Crippen molar-refractivity contribution in [3.63, 3.8) is 0 Å². The summed E-state index contributed by atoms with van der Waals surface area (Å²) in [4.78, 5) is 10.6. The fraction of sp³-hybridized carbons (Fsp3) is 0.500. The Hall–Kier alpha value is -2.13. The van der Waals surface area contributed by atoms with E-state index >= 15 is 0 Å². The number of benzene rings is 1. The van der Waals surface area contributed by atoms with Gasteiger partial charge in [0.15, 0.2) is 5.75 Å². The van der Waals surface area contributed by atoms with E-state index < -0.39 is 10.5 Å². The molecule has 0 amide bonds. The fourth-order valence-corrected chi connectivity index (χ4v) is 2.53. The number of nitrogens with one attached hydrogen (secondary N) is 1. The quantitative estimate of drug-likeness (QED) is 0.673. The molecule has 0 radical (unpaired) electrons. The number of aryl methyl sites for hydroxylation is 1. The molecule has 1 aliphatic rings. The highest BCUT2D eigenvalue weighted by Gasteiger charge is 2.40. The molecule has 1 aromatic carbocycles. The van der Waals surface area contributed by atoms with Crippen LogP contribution >= 0.6 is 0 Å². The maximum absolute atomic E-state index is 11.0. The Morgan fingerprint density at radius 2 is 2.35 bits per heavy atom. The second-order valence-corrected chi connectivity index (χ2v) is 5.15. The number of hydrogen-bond acceptors (Lipinski definition) is 5. The molecule has 1 aromatic rings. The van der Waals surface area contributed by atoms with Crippen molar-refractivity contribution in [2.45, 2.75) is 37.8 Å². The number of nitro groups is 1. The highest BCUT2D eigenvalue weighted by Crippen LogP contribution is 2.35. The smallest absolute Gasteiger partial charge is 0.310 e. The van der Waals surface area contributed by atoms with Crippen molar-refractivity contribution in [3.8, 4) is 11.8 Å². The largest absolute Gasteiger partial charge is 0.483 e. The lowest BCUT2D eigenvalue weighted by atomic mass is 10.0. The number of nitriles is 1. The molecule has 0 aromatic heterocycles. The molecule has 1 saturated carbocycles. The summed E-state index contributed by atoms with van der Waals surface area (Å²) >= 11 is 0. The summed E-state index contributed by atoms with van der Waals surface area (Å²) in [5.41, 5.74) is 0.293. The van der Waals surface area contributed by atoms with Gasteiger partial charge in [-0.2, -0.15) is 5.26 Å². The molecule has 6 heteroatoms. The van der Waals surface area contributed by atoms with Crippen LogP contribution in [0.5, 0.6) is 5.75 Å². The van der Waals surface area contributed by atoms with Crippen LogP contribution in [0, 0.1) is 28.4 Å². The van der Waals surface area contributed by atoms with Gasteiger partial charge in [-0.05, 0) is 38.4 Å². The Balaban J connectivity index is 2.18. The summed E-state index contributed by atoms with van der Waals surface area (Å²) in [6, 6.07) is 7.08. The zero-order valence-electron chi connectivity index (χ0n) is 11.5. The minimum Gasteiger partial charge on any atom is -0.483 e. The third-order valence-corrected chi connectivity index (χ3v) is 3.77. The molecule has 2 rings (SSSR count). The number of nitro benzene ring substituents is 1. The second-order valence-electron chi connectivity index (χ2n) is 5.15. The topological polar surface area (TPSA) is 88.2 Å². The Morgan fingerprint density at radius 1 is 1.60 bits per heavy atom. The van der Waals surface area contributed by atoms with Gasteiger partial charge in [0.2, 0.25) is 0 Å². The molecule has 0 aliphatic heterocycles. The van der Waals surface area contributed by atoms with E-state index in [4.69, 9.17) is 4.74 Å². The number of rotatable bonds is 4. The zero-order valence-corrected chi connectivity index (χ0v) is 11.5. The van der Waals surface area contributed by atoms with Crippen LogP contribution < -0.4 is 10.1 Å². The molecule has 0 bridgehead atoms. The highest BCUT2D eigenvalue weighted by atomic mass is 16.6. The second kappa shape index (κ2) is 5.47. The van der Waals surface area contributed by atoms with Gasteiger partial charge in [-0.25, -0.2) is 0 Å². The van der Waals surface area contributed by atoms with Gasteiger partial charge in [0.1, 0.15) is 11.6 Å². The van der Waals surface area contributed by atoms with Crippen molar-refractivity contribution in [2.24, 2.45) is 0 Å². The van der Waals surface area contributed by atoms with E-state index in [1.54, 1.807) is 19.2 Å². The van der Waals surface area contributed by atoms with Crippen LogP contribution in [0.1, 0.15) is 24.8 Å². The van der Waals surface area contributed by atoms with Gasteiger partial charge in [-0.15, -0.1) is 0 Å².